The lowest BCUT2D eigenvalue weighted by Crippen LogP contribution is -2.01. The second-order valence-corrected chi connectivity index (χ2v) is 3.34. The lowest BCUT2D eigenvalue weighted by Gasteiger charge is -2.04. The molecule has 0 aromatic heterocycles. The third-order valence-electron chi connectivity index (χ3n) is 1.91. The summed E-state index contributed by atoms with van der Waals surface area (Å²) in [5, 5.41) is 0. The summed E-state index contributed by atoms with van der Waals surface area (Å²) in [6, 6.07) is 8.28. The van der Waals surface area contributed by atoms with Crippen molar-refractivity contribution in [1.29, 1.82) is 0 Å². The summed E-state index contributed by atoms with van der Waals surface area (Å²) >= 11 is 4.19. The van der Waals surface area contributed by atoms with Crippen molar-refractivity contribution in [2.24, 2.45) is 0 Å². The number of rotatable bonds is 6. The van der Waals surface area contributed by atoms with Crippen LogP contribution in [-0.2, 0) is 21.8 Å². The molecule has 1 rings (SSSR count). The second-order valence-electron chi connectivity index (χ2n) is 3.02. The summed E-state index contributed by atoms with van der Waals surface area (Å²) in [6.45, 7) is 1.94. The van der Waals surface area contributed by atoms with E-state index in [9.17, 15) is 0 Å². The van der Waals surface area contributed by atoms with Crippen LogP contribution in [0.1, 0.15) is 11.1 Å². The molecule has 0 radical (unpaired) electrons. The quantitative estimate of drug-likeness (QED) is 0.576. The number of benzene rings is 1. The maximum Gasteiger partial charge on any atom is 0.0718 e. The number of ether oxygens (including phenoxy) is 2. The van der Waals surface area contributed by atoms with E-state index in [-0.39, 0.29) is 0 Å². The minimum absolute atomic E-state index is 0.644. The molecule has 0 aliphatic heterocycles. The molecule has 0 atom stereocenters. The molecule has 1 aromatic carbocycles. The maximum absolute atomic E-state index is 5.39. The molecule has 14 heavy (non-hydrogen) atoms. The summed E-state index contributed by atoms with van der Waals surface area (Å²) in [4.78, 5) is 0. The van der Waals surface area contributed by atoms with Gasteiger partial charge in [-0.15, -0.1) is 0 Å². The first-order valence-corrected chi connectivity index (χ1v) is 5.25. The fraction of sp³-hybridized carbons (Fsp3) is 0.455. The van der Waals surface area contributed by atoms with Gasteiger partial charge in [0.15, 0.2) is 0 Å². The molecule has 0 unspecified atom stereocenters. The van der Waals surface area contributed by atoms with Crippen molar-refractivity contribution in [3.63, 3.8) is 0 Å². The van der Waals surface area contributed by atoms with Crippen molar-refractivity contribution in [2.75, 3.05) is 20.3 Å². The first-order chi connectivity index (χ1) is 6.86. The van der Waals surface area contributed by atoms with Gasteiger partial charge < -0.3 is 9.47 Å². The lowest BCUT2D eigenvalue weighted by atomic mass is 10.2. The Hall–Kier alpha value is -0.510. The Morgan fingerprint density at radius 3 is 2.29 bits per heavy atom. The van der Waals surface area contributed by atoms with Gasteiger partial charge in [-0.25, -0.2) is 0 Å². The van der Waals surface area contributed by atoms with Crippen LogP contribution in [0, 0.1) is 0 Å². The van der Waals surface area contributed by atoms with Crippen LogP contribution in [0.25, 0.3) is 0 Å². The SMILES string of the molecule is COCCOCc1ccc(CS)cc1. The molecule has 0 aliphatic carbocycles. The summed E-state index contributed by atoms with van der Waals surface area (Å²) in [5.74, 6) is 0.783. The Bertz CT molecular complexity index is 246. The van der Waals surface area contributed by atoms with Gasteiger partial charge in [0, 0.05) is 12.9 Å². The topological polar surface area (TPSA) is 18.5 Å². The van der Waals surface area contributed by atoms with E-state index in [1.54, 1.807) is 7.11 Å². The van der Waals surface area contributed by atoms with E-state index in [1.807, 2.05) is 0 Å². The van der Waals surface area contributed by atoms with Gasteiger partial charge in [-0.05, 0) is 11.1 Å². The monoisotopic (exact) mass is 212 g/mol. The van der Waals surface area contributed by atoms with Gasteiger partial charge in [-0.1, -0.05) is 24.3 Å². The Balaban J connectivity index is 2.29. The smallest absolute Gasteiger partial charge is 0.0718 e. The number of methoxy groups -OCH3 is 1. The van der Waals surface area contributed by atoms with Gasteiger partial charge in [-0.3, -0.25) is 0 Å². The molecule has 0 amide bonds. The van der Waals surface area contributed by atoms with Crippen molar-refractivity contribution in [3.05, 3.63) is 35.4 Å². The van der Waals surface area contributed by atoms with E-state index in [4.69, 9.17) is 9.47 Å². The summed E-state index contributed by atoms with van der Waals surface area (Å²) in [5.41, 5.74) is 2.42. The van der Waals surface area contributed by atoms with Crippen LogP contribution in [0.4, 0.5) is 0 Å². The molecule has 1 aromatic rings. The van der Waals surface area contributed by atoms with Crippen molar-refractivity contribution in [1.82, 2.24) is 0 Å². The molecule has 0 saturated carbocycles. The van der Waals surface area contributed by atoms with Gasteiger partial charge in [0.25, 0.3) is 0 Å². The molecular formula is C11H16O2S. The maximum atomic E-state index is 5.39. The molecule has 0 N–H and O–H groups in total. The van der Waals surface area contributed by atoms with Crippen LogP contribution in [0.15, 0.2) is 24.3 Å². The minimum atomic E-state index is 0.644. The summed E-state index contributed by atoms with van der Waals surface area (Å²) in [6.07, 6.45) is 0. The predicted octanol–water partition coefficient (Wildman–Crippen LogP) is 2.28. The average molecular weight is 212 g/mol. The molecule has 3 heteroatoms. The third kappa shape index (κ3) is 4.13. The fourth-order valence-corrected chi connectivity index (χ4v) is 1.28. The van der Waals surface area contributed by atoms with Crippen LogP contribution in [0.5, 0.6) is 0 Å². The highest BCUT2D eigenvalue weighted by molar-refractivity contribution is 7.79. The average Bonchev–Trinajstić information content (AvgIpc) is 2.25. The minimum Gasteiger partial charge on any atom is -0.382 e. The van der Waals surface area contributed by atoms with Crippen LogP contribution in [0.2, 0.25) is 0 Å². The number of hydrogen-bond donors (Lipinski definition) is 1. The zero-order valence-electron chi connectivity index (χ0n) is 8.40. The van der Waals surface area contributed by atoms with E-state index >= 15 is 0 Å². The van der Waals surface area contributed by atoms with Gasteiger partial charge in [-0.2, -0.15) is 12.6 Å². The lowest BCUT2D eigenvalue weighted by molar-refractivity contribution is 0.0616. The van der Waals surface area contributed by atoms with Crippen LogP contribution >= 0.6 is 12.6 Å². The second kappa shape index (κ2) is 6.87. The standard InChI is InChI=1S/C11H16O2S/c1-12-6-7-13-8-10-2-4-11(9-14)5-3-10/h2-5,14H,6-9H2,1H3. The molecule has 0 fully saturated rings. The zero-order chi connectivity index (χ0) is 10.2. The van der Waals surface area contributed by atoms with Crippen LogP contribution in [-0.4, -0.2) is 20.3 Å². The number of thiol groups is 1. The molecular weight excluding hydrogens is 196 g/mol. The molecule has 78 valence electrons. The molecule has 2 nitrogen and oxygen atoms in total. The van der Waals surface area contributed by atoms with E-state index in [1.165, 1.54) is 11.1 Å². The molecule has 0 heterocycles. The third-order valence-corrected chi connectivity index (χ3v) is 2.27. The van der Waals surface area contributed by atoms with E-state index in [0.717, 1.165) is 5.75 Å². The Morgan fingerprint density at radius 1 is 1.07 bits per heavy atom. The van der Waals surface area contributed by atoms with Crippen molar-refractivity contribution in [3.8, 4) is 0 Å². The first kappa shape index (κ1) is 11.6. The van der Waals surface area contributed by atoms with Crippen molar-refractivity contribution < 1.29 is 9.47 Å². The molecule has 0 saturated heterocycles. The molecule has 0 aliphatic rings. The Labute approximate surface area is 90.6 Å². The zero-order valence-corrected chi connectivity index (χ0v) is 9.30. The Kier molecular flexibility index (Phi) is 5.68. The van der Waals surface area contributed by atoms with Crippen LogP contribution in [0.3, 0.4) is 0 Å². The van der Waals surface area contributed by atoms with Crippen molar-refractivity contribution >= 4 is 12.6 Å². The van der Waals surface area contributed by atoms with Gasteiger partial charge >= 0.3 is 0 Å². The Morgan fingerprint density at radius 2 is 1.71 bits per heavy atom. The highest BCUT2D eigenvalue weighted by Crippen LogP contribution is 2.07. The highest BCUT2D eigenvalue weighted by Gasteiger charge is 1.93. The van der Waals surface area contributed by atoms with Gasteiger partial charge in [0.2, 0.25) is 0 Å². The van der Waals surface area contributed by atoms with E-state index in [2.05, 4.69) is 36.9 Å². The van der Waals surface area contributed by atoms with Gasteiger partial charge in [0.05, 0.1) is 19.8 Å². The molecule has 0 spiro atoms. The highest BCUT2D eigenvalue weighted by atomic mass is 32.1. The normalized spacial score (nSPS) is 10.4. The summed E-state index contributed by atoms with van der Waals surface area (Å²) < 4.78 is 10.3. The van der Waals surface area contributed by atoms with Crippen LogP contribution < -0.4 is 0 Å². The first-order valence-electron chi connectivity index (χ1n) is 4.62. The van der Waals surface area contributed by atoms with Crippen molar-refractivity contribution in [2.45, 2.75) is 12.4 Å². The fourth-order valence-electron chi connectivity index (χ4n) is 1.07. The van der Waals surface area contributed by atoms with Gasteiger partial charge in [0.1, 0.15) is 0 Å². The van der Waals surface area contributed by atoms with E-state index in [0.29, 0.717) is 19.8 Å². The number of hydrogen-bond acceptors (Lipinski definition) is 3. The molecule has 0 bridgehead atoms. The largest absolute Gasteiger partial charge is 0.382 e. The predicted molar refractivity (Wildman–Crippen MR) is 60.7 cm³/mol. The summed E-state index contributed by atoms with van der Waals surface area (Å²) in [7, 11) is 1.67. The van der Waals surface area contributed by atoms with E-state index < -0.39 is 0 Å².